The maximum absolute atomic E-state index is 12.4. The van der Waals surface area contributed by atoms with Gasteiger partial charge in [0, 0.05) is 29.0 Å². The van der Waals surface area contributed by atoms with Crippen molar-refractivity contribution in [2.75, 3.05) is 19.0 Å². The number of nitro benzene ring substituents is 1. The van der Waals surface area contributed by atoms with E-state index < -0.39 is 4.92 Å². The van der Waals surface area contributed by atoms with Crippen molar-refractivity contribution < 1.29 is 23.6 Å². The highest BCUT2D eigenvalue weighted by Crippen LogP contribution is 2.36. The number of hydrogen-bond acceptors (Lipinski definition) is 6. The molecule has 0 fully saturated rings. The van der Waals surface area contributed by atoms with E-state index in [1.54, 1.807) is 6.07 Å². The van der Waals surface area contributed by atoms with Crippen LogP contribution in [0.2, 0.25) is 0 Å². The number of benzene rings is 3. The molecule has 0 aliphatic carbocycles. The highest BCUT2D eigenvalue weighted by atomic mass is 16.6. The molecule has 1 aromatic heterocycles. The number of nitrogens with one attached hydrogen (secondary N) is 1. The second-order valence-corrected chi connectivity index (χ2v) is 6.54. The number of fused-ring (bicyclic) bond motifs is 3. The predicted molar refractivity (Wildman–Crippen MR) is 112 cm³/mol. The highest BCUT2D eigenvalue weighted by molar-refractivity contribution is 6.07. The molecule has 0 aliphatic heterocycles. The first-order valence-corrected chi connectivity index (χ1v) is 9.21. The van der Waals surface area contributed by atoms with E-state index in [0.717, 1.165) is 16.4 Å². The van der Waals surface area contributed by atoms with Crippen LogP contribution in [0.3, 0.4) is 0 Å². The van der Waals surface area contributed by atoms with Crippen LogP contribution in [0.4, 0.5) is 11.4 Å². The Morgan fingerprint density at radius 2 is 1.83 bits per heavy atom. The molecule has 30 heavy (non-hydrogen) atoms. The largest absolute Gasteiger partial charge is 0.495 e. The van der Waals surface area contributed by atoms with Crippen molar-refractivity contribution >= 4 is 39.2 Å². The summed E-state index contributed by atoms with van der Waals surface area (Å²) < 4.78 is 16.8. The molecule has 4 rings (SSSR count). The summed E-state index contributed by atoms with van der Waals surface area (Å²) in [6.07, 6.45) is 0.0955. The van der Waals surface area contributed by atoms with Gasteiger partial charge in [-0.1, -0.05) is 18.2 Å². The third kappa shape index (κ3) is 3.88. The van der Waals surface area contributed by atoms with Gasteiger partial charge < -0.3 is 19.2 Å². The lowest BCUT2D eigenvalue weighted by Gasteiger charge is -2.11. The Kier molecular flexibility index (Phi) is 5.21. The summed E-state index contributed by atoms with van der Waals surface area (Å²) in [4.78, 5) is 22.5. The van der Waals surface area contributed by atoms with E-state index in [2.05, 4.69) is 5.32 Å². The van der Waals surface area contributed by atoms with Gasteiger partial charge in [-0.3, -0.25) is 14.9 Å². The van der Waals surface area contributed by atoms with Crippen LogP contribution in [-0.4, -0.2) is 24.5 Å². The summed E-state index contributed by atoms with van der Waals surface area (Å²) in [7, 11) is 1.54. The van der Waals surface area contributed by atoms with Crippen molar-refractivity contribution in [2.45, 2.75) is 6.42 Å². The quantitative estimate of drug-likeness (QED) is 0.345. The van der Waals surface area contributed by atoms with E-state index in [1.807, 2.05) is 30.3 Å². The smallest absolute Gasteiger partial charge is 0.269 e. The number of amides is 1. The van der Waals surface area contributed by atoms with Crippen molar-refractivity contribution in [2.24, 2.45) is 0 Å². The molecule has 152 valence electrons. The maximum Gasteiger partial charge on any atom is 0.269 e. The van der Waals surface area contributed by atoms with Crippen LogP contribution in [0.1, 0.15) is 6.42 Å². The molecule has 1 N–H and O–H groups in total. The van der Waals surface area contributed by atoms with E-state index in [9.17, 15) is 14.9 Å². The second-order valence-electron chi connectivity index (χ2n) is 6.54. The summed E-state index contributed by atoms with van der Waals surface area (Å²) in [6, 6.07) is 17.0. The van der Waals surface area contributed by atoms with Gasteiger partial charge in [-0.2, -0.15) is 0 Å². The van der Waals surface area contributed by atoms with Gasteiger partial charge in [0.1, 0.15) is 22.7 Å². The molecular weight excluding hydrogens is 388 g/mol. The lowest BCUT2D eigenvalue weighted by molar-refractivity contribution is -0.384. The molecule has 0 bridgehead atoms. The van der Waals surface area contributed by atoms with Gasteiger partial charge in [0.2, 0.25) is 5.91 Å². The number of carbonyl (C=O) groups is 1. The van der Waals surface area contributed by atoms with Gasteiger partial charge in [-0.15, -0.1) is 0 Å². The number of non-ortho nitro benzene ring substituents is 1. The van der Waals surface area contributed by atoms with E-state index in [4.69, 9.17) is 13.9 Å². The highest BCUT2D eigenvalue weighted by Gasteiger charge is 2.14. The third-order valence-electron chi connectivity index (χ3n) is 4.62. The Labute approximate surface area is 171 Å². The number of nitro groups is 1. The lowest BCUT2D eigenvalue weighted by atomic mass is 10.1. The summed E-state index contributed by atoms with van der Waals surface area (Å²) in [6.45, 7) is 0.124. The molecule has 0 spiro atoms. The van der Waals surface area contributed by atoms with E-state index in [0.29, 0.717) is 22.8 Å². The minimum Gasteiger partial charge on any atom is -0.495 e. The first-order chi connectivity index (χ1) is 14.5. The molecule has 0 saturated carbocycles. The fourth-order valence-electron chi connectivity index (χ4n) is 3.16. The predicted octanol–water partition coefficient (Wildman–Crippen LogP) is 4.91. The number of ether oxygens (including phenoxy) is 2. The first-order valence-electron chi connectivity index (χ1n) is 9.21. The lowest BCUT2D eigenvalue weighted by Crippen LogP contribution is -2.15. The van der Waals surface area contributed by atoms with Crippen LogP contribution < -0.4 is 14.8 Å². The molecule has 1 amide bonds. The van der Waals surface area contributed by atoms with Crippen molar-refractivity contribution in [1.29, 1.82) is 0 Å². The Bertz CT molecular complexity index is 1230. The molecule has 0 radical (unpaired) electrons. The van der Waals surface area contributed by atoms with Gasteiger partial charge in [-0.25, -0.2) is 0 Å². The first kappa shape index (κ1) is 19.3. The minimum absolute atomic E-state index is 0.0202. The number of furan rings is 1. The zero-order valence-electron chi connectivity index (χ0n) is 16.1. The number of hydrogen-bond donors (Lipinski definition) is 1. The number of nitrogens with zero attached hydrogens (tertiary/aromatic N) is 1. The van der Waals surface area contributed by atoms with Gasteiger partial charge in [0.15, 0.2) is 0 Å². The van der Waals surface area contributed by atoms with E-state index >= 15 is 0 Å². The summed E-state index contributed by atoms with van der Waals surface area (Å²) in [5.41, 5.74) is 1.89. The number of carbonyl (C=O) groups excluding carboxylic acids is 1. The second kappa shape index (κ2) is 8.12. The fraction of sp³-hybridized carbons (Fsp3) is 0.136. The number of methoxy groups -OCH3 is 1. The van der Waals surface area contributed by atoms with Crippen molar-refractivity contribution in [3.63, 3.8) is 0 Å². The molecule has 0 atom stereocenters. The SMILES string of the molecule is COc1cc2c(cc1NC(=O)CCOc1ccc([N+](=O)[O-])cc1)oc1ccccc12. The molecule has 0 saturated heterocycles. The monoisotopic (exact) mass is 406 g/mol. The topological polar surface area (TPSA) is 104 Å². The standard InChI is InChI=1S/C22H18N2O6/c1-28-21-12-17-16-4-2-3-5-19(16)30-20(17)13-18(21)23-22(25)10-11-29-15-8-6-14(7-9-15)24(26)27/h2-9,12-13H,10-11H2,1H3,(H,23,25). The van der Waals surface area contributed by atoms with Gasteiger partial charge in [0.05, 0.1) is 30.7 Å². The van der Waals surface area contributed by atoms with Crippen LogP contribution >= 0.6 is 0 Å². The van der Waals surface area contributed by atoms with Crippen LogP contribution in [0, 0.1) is 10.1 Å². The van der Waals surface area contributed by atoms with Crippen LogP contribution in [-0.2, 0) is 4.79 Å². The fourth-order valence-corrected chi connectivity index (χ4v) is 3.16. The molecule has 0 aliphatic rings. The van der Waals surface area contributed by atoms with E-state index in [-0.39, 0.29) is 24.6 Å². The Morgan fingerprint density at radius 3 is 2.57 bits per heavy atom. The Hall–Kier alpha value is -4.07. The van der Waals surface area contributed by atoms with Gasteiger partial charge in [-0.05, 0) is 24.3 Å². The number of para-hydroxylation sites is 1. The molecule has 0 unspecified atom stereocenters. The Morgan fingerprint density at radius 1 is 1.07 bits per heavy atom. The van der Waals surface area contributed by atoms with Crippen LogP contribution in [0.5, 0.6) is 11.5 Å². The normalized spacial score (nSPS) is 10.8. The van der Waals surface area contributed by atoms with E-state index in [1.165, 1.54) is 31.4 Å². The summed E-state index contributed by atoms with van der Waals surface area (Å²) in [5, 5.41) is 15.4. The van der Waals surface area contributed by atoms with Crippen molar-refractivity contribution in [3.8, 4) is 11.5 Å². The zero-order valence-corrected chi connectivity index (χ0v) is 16.1. The van der Waals surface area contributed by atoms with Crippen molar-refractivity contribution in [1.82, 2.24) is 0 Å². The minimum atomic E-state index is -0.483. The molecular formula is C22H18N2O6. The summed E-state index contributed by atoms with van der Waals surface area (Å²) >= 11 is 0. The maximum atomic E-state index is 12.4. The average molecular weight is 406 g/mol. The van der Waals surface area contributed by atoms with Crippen LogP contribution in [0.25, 0.3) is 21.9 Å². The molecule has 1 heterocycles. The molecule has 8 heteroatoms. The number of anilines is 1. The van der Waals surface area contributed by atoms with Gasteiger partial charge in [0.25, 0.3) is 5.69 Å². The summed E-state index contributed by atoms with van der Waals surface area (Å²) in [5.74, 6) is 0.721. The number of rotatable bonds is 7. The third-order valence-corrected chi connectivity index (χ3v) is 4.62. The molecule has 8 nitrogen and oxygen atoms in total. The molecule has 3 aromatic carbocycles. The van der Waals surface area contributed by atoms with Crippen LogP contribution in [0.15, 0.2) is 65.1 Å². The zero-order chi connectivity index (χ0) is 21.1. The van der Waals surface area contributed by atoms with Crippen molar-refractivity contribution in [3.05, 3.63) is 70.8 Å². The average Bonchev–Trinajstić information content (AvgIpc) is 3.10. The Balaban J connectivity index is 1.43. The molecule has 4 aromatic rings. The van der Waals surface area contributed by atoms with Gasteiger partial charge >= 0.3 is 0 Å².